The molecule has 2 amide bonds. The van der Waals surface area contributed by atoms with Crippen molar-refractivity contribution in [1.29, 1.82) is 0 Å². The molecular formula is C18H22N2O4. The highest BCUT2D eigenvalue weighted by atomic mass is 16.5. The van der Waals surface area contributed by atoms with Crippen LogP contribution in [0.3, 0.4) is 0 Å². The molecule has 3 rings (SSSR count). The first kappa shape index (κ1) is 16.5. The number of esters is 1. The second kappa shape index (κ2) is 7.03. The van der Waals surface area contributed by atoms with Crippen molar-refractivity contribution in [2.24, 2.45) is 5.92 Å². The third kappa shape index (κ3) is 3.93. The summed E-state index contributed by atoms with van der Waals surface area (Å²) in [6.07, 6.45) is 2.12. The fourth-order valence-corrected chi connectivity index (χ4v) is 2.93. The molecule has 1 aliphatic heterocycles. The van der Waals surface area contributed by atoms with E-state index in [-0.39, 0.29) is 36.9 Å². The highest BCUT2D eigenvalue weighted by Gasteiger charge is 2.38. The minimum Gasteiger partial charge on any atom is -0.455 e. The molecular weight excluding hydrogens is 308 g/mol. The van der Waals surface area contributed by atoms with E-state index >= 15 is 0 Å². The standard InChI is InChI=1S/C18H22N2O4/c1-12(13-5-3-2-4-6-13)20-10-14(9-17(20)22)18(23)24-11-16(21)19-15-7-8-15/h2-6,12,14-15H,7-11H2,1H3,(H,19,21)/t12-,14+/m1/s1. The molecule has 0 radical (unpaired) electrons. The van der Waals surface area contributed by atoms with Crippen molar-refractivity contribution in [3.8, 4) is 0 Å². The maximum absolute atomic E-state index is 12.2. The topological polar surface area (TPSA) is 75.7 Å². The van der Waals surface area contributed by atoms with Gasteiger partial charge in [0.1, 0.15) is 0 Å². The van der Waals surface area contributed by atoms with E-state index in [2.05, 4.69) is 5.32 Å². The molecule has 2 aliphatic rings. The van der Waals surface area contributed by atoms with Crippen LogP contribution in [0.4, 0.5) is 0 Å². The average Bonchev–Trinajstić information content (AvgIpc) is 3.31. The molecule has 24 heavy (non-hydrogen) atoms. The van der Waals surface area contributed by atoms with Gasteiger partial charge in [-0.3, -0.25) is 14.4 Å². The van der Waals surface area contributed by atoms with E-state index < -0.39 is 11.9 Å². The molecule has 6 nitrogen and oxygen atoms in total. The molecule has 1 saturated heterocycles. The van der Waals surface area contributed by atoms with Gasteiger partial charge in [0.15, 0.2) is 6.61 Å². The molecule has 6 heteroatoms. The molecule has 1 aromatic rings. The number of hydrogen-bond donors (Lipinski definition) is 1. The van der Waals surface area contributed by atoms with E-state index in [0.29, 0.717) is 6.54 Å². The van der Waals surface area contributed by atoms with Crippen molar-refractivity contribution < 1.29 is 19.1 Å². The van der Waals surface area contributed by atoms with Crippen molar-refractivity contribution in [1.82, 2.24) is 10.2 Å². The highest BCUT2D eigenvalue weighted by molar-refractivity contribution is 5.88. The molecule has 1 N–H and O–H groups in total. The van der Waals surface area contributed by atoms with E-state index in [1.807, 2.05) is 37.3 Å². The van der Waals surface area contributed by atoms with Gasteiger partial charge in [-0.2, -0.15) is 0 Å². The normalized spacial score (nSPS) is 21.5. The van der Waals surface area contributed by atoms with E-state index in [1.165, 1.54) is 0 Å². The summed E-state index contributed by atoms with van der Waals surface area (Å²) in [5.41, 5.74) is 1.03. The Balaban J connectivity index is 1.51. The van der Waals surface area contributed by atoms with E-state index in [0.717, 1.165) is 18.4 Å². The number of amides is 2. The lowest BCUT2D eigenvalue weighted by molar-refractivity contribution is -0.152. The van der Waals surface area contributed by atoms with Gasteiger partial charge >= 0.3 is 5.97 Å². The second-order valence-electron chi connectivity index (χ2n) is 6.48. The van der Waals surface area contributed by atoms with Crippen LogP contribution in [-0.4, -0.2) is 41.9 Å². The Morgan fingerprint density at radius 2 is 2.00 bits per heavy atom. The SMILES string of the molecule is C[C@H](c1ccccc1)N1C[C@@H](C(=O)OCC(=O)NC2CC2)CC1=O. The van der Waals surface area contributed by atoms with Gasteiger partial charge in [0, 0.05) is 19.0 Å². The number of ether oxygens (including phenoxy) is 1. The third-order valence-corrected chi connectivity index (χ3v) is 4.53. The Morgan fingerprint density at radius 1 is 1.29 bits per heavy atom. The summed E-state index contributed by atoms with van der Waals surface area (Å²) in [6.45, 7) is 2.01. The number of nitrogens with zero attached hydrogens (tertiary/aromatic N) is 1. The summed E-state index contributed by atoms with van der Waals surface area (Å²) in [5, 5.41) is 2.76. The molecule has 1 aliphatic carbocycles. The number of nitrogens with one attached hydrogen (secondary N) is 1. The van der Waals surface area contributed by atoms with E-state index in [9.17, 15) is 14.4 Å². The van der Waals surface area contributed by atoms with Gasteiger partial charge in [-0.15, -0.1) is 0 Å². The molecule has 1 heterocycles. The second-order valence-corrected chi connectivity index (χ2v) is 6.48. The Kier molecular flexibility index (Phi) is 4.83. The summed E-state index contributed by atoms with van der Waals surface area (Å²) < 4.78 is 5.07. The maximum Gasteiger partial charge on any atom is 0.311 e. The monoisotopic (exact) mass is 330 g/mol. The van der Waals surface area contributed by atoms with Gasteiger partial charge in [0.2, 0.25) is 5.91 Å². The summed E-state index contributed by atoms with van der Waals surface area (Å²) >= 11 is 0. The number of benzene rings is 1. The van der Waals surface area contributed by atoms with Gasteiger partial charge in [-0.25, -0.2) is 0 Å². The number of carbonyl (C=O) groups excluding carboxylic acids is 3. The third-order valence-electron chi connectivity index (χ3n) is 4.53. The average molecular weight is 330 g/mol. The molecule has 0 aromatic heterocycles. The lowest BCUT2D eigenvalue weighted by Crippen LogP contribution is -2.32. The van der Waals surface area contributed by atoms with Gasteiger partial charge in [-0.05, 0) is 25.3 Å². The largest absolute Gasteiger partial charge is 0.455 e. The highest BCUT2D eigenvalue weighted by Crippen LogP contribution is 2.29. The molecule has 128 valence electrons. The van der Waals surface area contributed by atoms with Crippen LogP contribution in [0.25, 0.3) is 0 Å². The summed E-state index contributed by atoms with van der Waals surface area (Å²) in [5.74, 6) is -1.31. The van der Waals surface area contributed by atoms with Crippen LogP contribution in [0, 0.1) is 5.92 Å². The molecule has 2 fully saturated rings. The van der Waals surface area contributed by atoms with Gasteiger partial charge in [0.05, 0.1) is 12.0 Å². The number of rotatable bonds is 6. The van der Waals surface area contributed by atoms with Crippen LogP contribution in [0.15, 0.2) is 30.3 Å². The quantitative estimate of drug-likeness (QED) is 0.801. The molecule has 0 unspecified atom stereocenters. The predicted octanol–water partition coefficient (Wildman–Crippen LogP) is 1.42. The van der Waals surface area contributed by atoms with Crippen LogP contribution in [0.1, 0.15) is 37.8 Å². The number of hydrogen-bond acceptors (Lipinski definition) is 4. The lowest BCUT2D eigenvalue weighted by atomic mass is 10.1. The Hall–Kier alpha value is -2.37. The van der Waals surface area contributed by atoms with Crippen LogP contribution < -0.4 is 5.32 Å². The van der Waals surface area contributed by atoms with Crippen molar-refractivity contribution in [3.05, 3.63) is 35.9 Å². The zero-order valence-corrected chi connectivity index (χ0v) is 13.7. The van der Waals surface area contributed by atoms with E-state index in [4.69, 9.17) is 4.74 Å². The summed E-state index contributed by atoms with van der Waals surface area (Å²) in [7, 11) is 0. The fourth-order valence-electron chi connectivity index (χ4n) is 2.93. The fraction of sp³-hybridized carbons (Fsp3) is 0.500. The zero-order valence-electron chi connectivity index (χ0n) is 13.7. The Labute approximate surface area is 141 Å². The van der Waals surface area contributed by atoms with Crippen LogP contribution in [0.2, 0.25) is 0 Å². The minimum atomic E-state index is -0.502. The molecule has 0 spiro atoms. The van der Waals surface area contributed by atoms with Crippen molar-refractivity contribution in [2.45, 2.75) is 38.3 Å². The van der Waals surface area contributed by atoms with E-state index in [1.54, 1.807) is 4.90 Å². The summed E-state index contributed by atoms with van der Waals surface area (Å²) in [4.78, 5) is 37.6. The first-order valence-electron chi connectivity index (χ1n) is 8.35. The van der Waals surface area contributed by atoms with Crippen molar-refractivity contribution >= 4 is 17.8 Å². The van der Waals surface area contributed by atoms with Crippen LogP contribution in [-0.2, 0) is 19.1 Å². The molecule has 1 aromatic carbocycles. The van der Waals surface area contributed by atoms with Crippen LogP contribution in [0.5, 0.6) is 0 Å². The number of likely N-dealkylation sites (tertiary alicyclic amines) is 1. The molecule has 1 saturated carbocycles. The Bertz CT molecular complexity index is 627. The van der Waals surface area contributed by atoms with Gasteiger partial charge in [-0.1, -0.05) is 30.3 Å². The van der Waals surface area contributed by atoms with Crippen molar-refractivity contribution in [3.63, 3.8) is 0 Å². The Morgan fingerprint density at radius 3 is 2.67 bits per heavy atom. The summed E-state index contributed by atoms with van der Waals surface area (Å²) in [6, 6.07) is 9.86. The smallest absolute Gasteiger partial charge is 0.311 e. The maximum atomic E-state index is 12.2. The van der Waals surface area contributed by atoms with Crippen LogP contribution >= 0.6 is 0 Å². The van der Waals surface area contributed by atoms with Gasteiger partial charge in [0.25, 0.3) is 5.91 Å². The molecule has 0 bridgehead atoms. The first-order chi connectivity index (χ1) is 11.5. The minimum absolute atomic E-state index is 0.0595. The lowest BCUT2D eigenvalue weighted by Gasteiger charge is -2.25. The van der Waals surface area contributed by atoms with Crippen molar-refractivity contribution in [2.75, 3.05) is 13.2 Å². The van der Waals surface area contributed by atoms with Gasteiger partial charge < -0.3 is 15.0 Å². The zero-order chi connectivity index (χ0) is 17.1. The number of carbonyl (C=O) groups is 3. The molecule has 2 atom stereocenters. The predicted molar refractivity (Wildman–Crippen MR) is 86.8 cm³/mol. The first-order valence-corrected chi connectivity index (χ1v) is 8.35.